The van der Waals surface area contributed by atoms with Crippen molar-refractivity contribution >= 4 is 17.5 Å². The predicted molar refractivity (Wildman–Crippen MR) is 94.6 cm³/mol. The molecule has 2 amide bonds. The number of aromatic nitrogens is 6. The molecule has 0 spiro atoms. The Balaban J connectivity index is 1.56. The SMILES string of the molecule is CC(NC(=O)c1ccc2nnc(-c3ncccn3)n2n1)C(=O)N1CCCC1. The van der Waals surface area contributed by atoms with Crippen molar-refractivity contribution in [3.63, 3.8) is 0 Å². The van der Waals surface area contributed by atoms with Gasteiger partial charge in [-0.15, -0.1) is 10.2 Å². The Morgan fingerprint density at radius 3 is 2.59 bits per heavy atom. The third-order valence-electron chi connectivity index (χ3n) is 4.40. The Morgan fingerprint density at radius 2 is 1.85 bits per heavy atom. The van der Waals surface area contributed by atoms with Crippen LogP contribution in [0.2, 0.25) is 0 Å². The van der Waals surface area contributed by atoms with E-state index in [2.05, 4.69) is 30.6 Å². The van der Waals surface area contributed by atoms with Crippen LogP contribution >= 0.6 is 0 Å². The summed E-state index contributed by atoms with van der Waals surface area (Å²) >= 11 is 0. The molecular formula is C17H18N8O2. The summed E-state index contributed by atoms with van der Waals surface area (Å²) < 4.78 is 1.41. The lowest BCUT2D eigenvalue weighted by Gasteiger charge is -2.20. The second kappa shape index (κ2) is 7.06. The molecule has 10 heteroatoms. The van der Waals surface area contributed by atoms with Gasteiger partial charge in [-0.3, -0.25) is 9.59 Å². The van der Waals surface area contributed by atoms with Gasteiger partial charge in [0.15, 0.2) is 11.5 Å². The fourth-order valence-electron chi connectivity index (χ4n) is 3.01. The Bertz CT molecular complexity index is 981. The Morgan fingerprint density at radius 1 is 1.11 bits per heavy atom. The minimum atomic E-state index is -0.620. The number of amides is 2. The number of carbonyl (C=O) groups excluding carboxylic acids is 2. The lowest BCUT2D eigenvalue weighted by atomic mass is 10.2. The van der Waals surface area contributed by atoms with E-state index in [1.165, 1.54) is 4.52 Å². The molecule has 1 atom stereocenters. The standard InChI is InChI=1S/C17H18N8O2/c1-11(17(27)24-9-2-3-10-24)20-16(26)12-5-6-13-21-22-15(25(13)23-12)14-18-7-4-8-19-14/h4-8,11H,2-3,9-10H2,1H3,(H,20,26). The monoisotopic (exact) mass is 366 g/mol. The van der Waals surface area contributed by atoms with Crippen LogP contribution in [0.1, 0.15) is 30.3 Å². The highest BCUT2D eigenvalue weighted by molar-refractivity contribution is 5.96. The number of carbonyl (C=O) groups is 2. The zero-order valence-corrected chi connectivity index (χ0v) is 14.7. The van der Waals surface area contributed by atoms with E-state index in [1.54, 1.807) is 42.4 Å². The zero-order valence-electron chi connectivity index (χ0n) is 14.7. The number of nitrogens with one attached hydrogen (secondary N) is 1. The molecule has 3 aromatic rings. The fraction of sp³-hybridized carbons (Fsp3) is 0.353. The van der Waals surface area contributed by atoms with Gasteiger partial charge in [0, 0.05) is 25.5 Å². The summed E-state index contributed by atoms with van der Waals surface area (Å²) in [6.45, 7) is 3.16. The normalized spacial score (nSPS) is 15.1. The van der Waals surface area contributed by atoms with Gasteiger partial charge in [0.1, 0.15) is 11.7 Å². The Hall–Kier alpha value is -3.43. The molecule has 1 aliphatic rings. The molecule has 0 radical (unpaired) electrons. The van der Waals surface area contributed by atoms with Crippen molar-refractivity contribution in [1.82, 2.24) is 40.0 Å². The molecule has 0 bridgehead atoms. The van der Waals surface area contributed by atoms with E-state index in [0.717, 1.165) is 25.9 Å². The quantitative estimate of drug-likeness (QED) is 0.706. The van der Waals surface area contributed by atoms with Crippen LogP contribution in [0.5, 0.6) is 0 Å². The molecule has 1 saturated heterocycles. The molecule has 1 fully saturated rings. The summed E-state index contributed by atoms with van der Waals surface area (Å²) in [5.41, 5.74) is 0.621. The molecule has 4 heterocycles. The maximum Gasteiger partial charge on any atom is 0.272 e. The highest BCUT2D eigenvalue weighted by Gasteiger charge is 2.25. The number of nitrogens with zero attached hydrogens (tertiary/aromatic N) is 7. The van der Waals surface area contributed by atoms with Crippen molar-refractivity contribution in [2.24, 2.45) is 0 Å². The lowest BCUT2D eigenvalue weighted by Crippen LogP contribution is -2.46. The smallest absolute Gasteiger partial charge is 0.272 e. The van der Waals surface area contributed by atoms with Crippen molar-refractivity contribution in [3.8, 4) is 11.6 Å². The van der Waals surface area contributed by atoms with Crippen molar-refractivity contribution in [3.05, 3.63) is 36.3 Å². The molecule has 1 unspecified atom stereocenters. The molecule has 0 saturated carbocycles. The zero-order chi connectivity index (χ0) is 18.8. The van der Waals surface area contributed by atoms with E-state index in [-0.39, 0.29) is 11.6 Å². The van der Waals surface area contributed by atoms with Gasteiger partial charge in [-0.05, 0) is 38.0 Å². The minimum Gasteiger partial charge on any atom is -0.341 e. The number of fused-ring (bicyclic) bond motifs is 1. The van der Waals surface area contributed by atoms with Crippen LogP contribution in [0, 0.1) is 0 Å². The predicted octanol–water partition coefficient (Wildman–Crippen LogP) is 0.322. The molecule has 4 rings (SSSR count). The van der Waals surface area contributed by atoms with Gasteiger partial charge >= 0.3 is 0 Å². The second-order valence-corrected chi connectivity index (χ2v) is 6.31. The molecule has 0 aliphatic carbocycles. The molecule has 138 valence electrons. The average Bonchev–Trinajstić information content (AvgIpc) is 3.37. The maximum absolute atomic E-state index is 12.6. The van der Waals surface area contributed by atoms with Crippen LogP contribution in [-0.2, 0) is 4.79 Å². The topological polar surface area (TPSA) is 118 Å². The van der Waals surface area contributed by atoms with E-state index in [4.69, 9.17) is 0 Å². The summed E-state index contributed by atoms with van der Waals surface area (Å²) in [4.78, 5) is 35.0. The van der Waals surface area contributed by atoms with Crippen molar-refractivity contribution in [1.29, 1.82) is 0 Å². The maximum atomic E-state index is 12.6. The van der Waals surface area contributed by atoms with Crippen LogP contribution in [0.3, 0.4) is 0 Å². The average molecular weight is 366 g/mol. The van der Waals surface area contributed by atoms with E-state index in [9.17, 15) is 9.59 Å². The summed E-state index contributed by atoms with van der Waals surface area (Å²) in [6, 6.07) is 4.25. The first kappa shape index (κ1) is 17.0. The molecule has 10 nitrogen and oxygen atoms in total. The van der Waals surface area contributed by atoms with Gasteiger partial charge < -0.3 is 10.2 Å². The Labute approximate surface area is 154 Å². The van der Waals surface area contributed by atoms with Gasteiger partial charge in [-0.2, -0.15) is 9.61 Å². The van der Waals surface area contributed by atoms with E-state index in [0.29, 0.717) is 17.3 Å². The summed E-state index contributed by atoms with van der Waals surface area (Å²) in [7, 11) is 0. The summed E-state index contributed by atoms with van der Waals surface area (Å²) in [5, 5.41) is 15.1. The van der Waals surface area contributed by atoms with E-state index in [1.807, 2.05) is 0 Å². The number of hydrogen-bond acceptors (Lipinski definition) is 7. The Kier molecular flexibility index (Phi) is 4.45. The summed E-state index contributed by atoms with van der Waals surface area (Å²) in [5.74, 6) is 0.171. The molecule has 1 aliphatic heterocycles. The van der Waals surface area contributed by atoms with Crippen molar-refractivity contribution in [2.45, 2.75) is 25.8 Å². The van der Waals surface area contributed by atoms with Gasteiger partial charge in [-0.1, -0.05) is 0 Å². The van der Waals surface area contributed by atoms with Crippen LogP contribution < -0.4 is 5.32 Å². The van der Waals surface area contributed by atoms with Crippen molar-refractivity contribution < 1.29 is 9.59 Å². The van der Waals surface area contributed by atoms with Gasteiger partial charge in [0.2, 0.25) is 11.7 Å². The lowest BCUT2D eigenvalue weighted by molar-refractivity contribution is -0.131. The largest absolute Gasteiger partial charge is 0.341 e. The highest BCUT2D eigenvalue weighted by atomic mass is 16.2. The second-order valence-electron chi connectivity index (χ2n) is 6.31. The number of rotatable bonds is 4. The molecule has 27 heavy (non-hydrogen) atoms. The molecular weight excluding hydrogens is 348 g/mol. The third kappa shape index (κ3) is 3.33. The summed E-state index contributed by atoms with van der Waals surface area (Å²) in [6.07, 6.45) is 5.18. The fourth-order valence-corrected chi connectivity index (χ4v) is 3.01. The van der Waals surface area contributed by atoms with Gasteiger partial charge in [-0.25, -0.2) is 9.97 Å². The van der Waals surface area contributed by atoms with E-state index >= 15 is 0 Å². The first-order valence-electron chi connectivity index (χ1n) is 8.73. The molecule has 1 N–H and O–H groups in total. The van der Waals surface area contributed by atoms with Gasteiger partial charge in [0.05, 0.1) is 0 Å². The molecule has 3 aromatic heterocycles. The first-order valence-corrected chi connectivity index (χ1v) is 8.73. The first-order chi connectivity index (χ1) is 13.1. The third-order valence-corrected chi connectivity index (χ3v) is 4.40. The van der Waals surface area contributed by atoms with Crippen LogP contribution in [-0.4, -0.2) is 65.6 Å². The van der Waals surface area contributed by atoms with Crippen LogP contribution in [0.15, 0.2) is 30.6 Å². The molecule has 0 aromatic carbocycles. The minimum absolute atomic E-state index is 0.0791. The van der Waals surface area contributed by atoms with Crippen LogP contribution in [0.25, 0.3) is 17.3 Å². The van der Waals surface area contributed by atoms with Gasteiger partial charge in [0.25, 0.3) is 5.91 Å². The number of hydrogen-bond donors (Lipinski definition) is 1. The van der Waals surface area contributed by atoms with Crippen molar-refractivity contribution in [2.75, 3.05) is 13.1 Å². The van der Waals surface area contributed by atoms with E-state index < -0.39 is 11.9 Å². The van der Waals surface area contributed by atoms with Crippen LogP contribution in [0.4, 0.5) is 0 Å². The highest BCUT2D eigenvalue weighted by Crippen LogP contribution is 2.13. The number of likely N-dealkylation sites (tertiary alicyclic amines) is 1.